The molecule has 7 heteroatoms. The van der Waals surface area contributed by atoms with Crippen molar-refractivity contribution in [1.29, 1.82) is 0 Å². The Balaban J connectivity index is 1.58. The smallest absolute Gasteiger partial charge is 0.322 e. The number of likely N-dealkylation sites (tertiary alicyclic amines) is 1. The van der Waals surface area contributed by atoms with Crippen LogP contribution in [0.2, 0.25) is 0 Å². The third-order valence-corrected chi connectivity index (χ3v) is 4.46. The average molecular weight is 392 g/mol. The summed E-state index contributed by atoms with van der Waals surface area (Å²) in [5.41, 5.74) is 0.699. The van der Waals surface area contributed by atoms with Gasteiger partial charge in [0.2, 0.25) is 5.91 Å². The Bertz CT molecular complexity index is 700. The van der Waals surface area contributed by atoms with Crippen molar-refractivity contribution in [1.82, 2.24) is 10.2 Å². The molecule has 3 amide bonds. The molecule has 0 bridgehead atoms. The van der Waals surface area contributed by atoms with Gasteiger partial charge in [0.25, 0.3) is 0 Å². The minimum atomic E-state index is -0.449. The number of nitrogens with zero attached hydrogens (tertiary/aromatic N) is 1. The maximum Gasteiger partial charge on any atom is 0.322 e. The van der Waals surface area contributed by atoms with E-state index in [1.54, 1.807) is 23.3 Å². The number of furan rings is 1. The lowest BCUT2D eigenvalue weighted by molar-refractivity contribution is -0.124. The number of benzene rings is 1. The normalized spacial score (nSPS) is 16.9. The van der Waals surface area contributed by atoms with Crippen LogP contribution in [0.3, 0.4) is 0 Å². The molecule has 2 aromatic rings. The van der Waals surface area contributed by atoms with Crippen molar-refractivity contribution in [3.05, 3.63) is 52.9 Å². The Hall–Kier alpha value is -2.28. The zero-order valence-corrected chi connectivity index (χ0v) is 14.6. The quantitative estimate of drug-likeness (QED) is 0.838. The zero-order chi connectivity index (χ0) is 16.9. The number of hydrogen-bond donors (Lipinski definition) is 2. The Morgan fingerprint density at radius 2 is 2.04 bits per heavy atom. The maximum absolute atomic E-state index is 12.5. The molecule has 2 heterocycles. The van der Waals surface area contributed by atoms with Gasteiger partial charge in [-0.3, -0.25) is 4.79 Å². The molecule has 1 aromatic heterocycles. The number of amides is 3. The molecule has 1 atom stereocenters. The van der Waals surface area contributed by atoms with Crippen molar-refractivity contribution in [3.8, 4) is 0 Å². The van der Waals surface area contributed by atoms with Gasteiger partial charge in [-0.1, -0.05) is 15.9 Å². The number of anilines is 1. The number of halogens is 1. The standard InChI is InChI=1S/C17H18BrN3O3/c18-12-5-7-13(8-6-12)20-17(23)21-9-1-4-15(21)16(22)19-11-14-3-2-10-24-14/h2-3,5-8,10,15H,1,4,9,11H2,(H,19,22)(H,20,23)/t15-/m0/s1. The predicted octanol–water partition coefficient (Wildman–Crippen LogP) is 3.35. The number of carbonyl (C=O) groups is 2. The zero-order valence-electron chi connectivity index (χ0n) is 13.0. The summed E-state index contributed by atoms with van der Waals surface area (Å²) in [5, 5.41) is 5.66. The molecule has 24 heavy (non-hydrogen) atoms. The van der Waals surface area contributed by atoms with E-state index in [9.17, 15) is 9.59 Å². The van der Waals surface area contributed by atoms with Crippen molar-refractivity contribution in [2.24, 2.45) is 0 Å². The first-order chi connectivity index (χ1) is 11.6. The van der Waals surface area contributed by atoms with Crippen molar-refractivity contribution < 1.29 is 14.0 Å². The van der Waals surface area contributed by atoms with Crippen molar-refractivity contribution >= 4 is 33.6 Å². The van der Waals surface area contributed by atoms with Gasteiger partial charge in [-0.05, 0) is 49.2 Å². The Kier molecular flexibility index (Phi) is 5.20. The van der Waals surface area contributed by atoms with Gasteiger partial charge in [-0.2, -0.15) is 0 Å². The highest BCUT2D eigenvalue weighted by Gasteiger charge is 2.34. The Morgan fingerprint density at radius 1 is 1.25 bits per heavy atom. The summed E-state index contributed by atoms with van der Waals surface area (Å²) >= 11 is 3.36. The molecule has 0 unspecified atom stereocenters. The monoisotopic (exact) mass is 391 g/mol. The largest absolute Gasteiger partial charge is 0.467 e. The molecular weight excluding hydrogens is 374 g/mol. The van der Waals surface area contributed by atoms with E-state index in [4.69, 9.17) is 4.42 Å². The van der Waals surface area contributed by atoms with E-state index < -0.39 is 6.04 Å². The molecule has 0 spiro atoms. The lowest BCUT2D eigenvalue weighted by Crippen LogP contribution is -2.47. The van der Waals surface area contributed by atoms with E-state index in [2.05, 4.69) is 26.6 Å². The van der Waals surface area contributed by atoms with Crippen LogP contribution in [-0.4, -0.2) is 29.4 Å². The number of nitrogens with one attached hydrogen (secondary N) is 2. The fraction of sp³-hybridized carbons (Fsp3) is 0.294. The van der Waals surface area contributed by atoms with Crippen LogP contribution in [0, 0.1) is 0 Å². The lowest BCUT2D eigenvalue weighted by Gasteiger charge is -2.24. The van der Waals surface area contributed by atoms with E-state index in [1.807, 2.05) is 24.3 Å². The second-order valence-corrected chi connectivity index (χ2v) is 6.50. The minimum absolute atomic E-state index is 0.158. The summed E-state index contributed by atoms with van der Waals surface area (Å²) in [5.74, 6) is 0.530. The van der Waals surface area contributed by atoms with Gasteiger partial charge in [-0.25, -0.2) is 4.79 Å². The minimum Gasteiger partial charge on any atom is -0.467 e. The highest BCUT2D eigenvalue weighted by molar-refractivity contribution is 9.10. The lowest BCUT2D eigenvalue weighted by atomic mass is 10.2. The van der Waals surface area contributed by atoms with E-state index in [1.165, 1.54) is 0 Å². The van der Waals surface area contributed by atoms with Gasteiger partial charge in [0.05, 0.1) is 12.8 Å². The predicted molar refractivity (Wildman–Crippen MR) is 93.4 cm³/mol. The number of carbonyl (C=O) groups excluding carboxylic acids is 2. The first-order valence-electron chi connectivity index (χ1n) is 7.77. The molecule has 1 fully saturated rings. The van der Waals surface area contributed by atoms with E-state index in [0.29, 0.717) is 31.0 Å². The van der Waals surface area contributed by atoms with Gasteiger partial charge < -0.3 is 20.0 Å². The van der Waals surface area contributed by atoms with Crippen LogP contribution in [0.1, 0.15) is 18.6 Å². The van der Waals surface area contributed by atoms with Crippen LogP contribution < -0.4 is 10.6 Å². The molecule has 6 nitrogen and oxygen atoms in total. The van der Waals surface area contributed by atoms with Crippen LogP contribution in [0.5, 0.6) is 0 Å². The van der Waals surface area contributed by atoms with Crippen LogP contribution in [0.4, 0.5) is 10.5 Å². The third kappa shape index (κ3) is 3.97. The second kappa shape index (κ2) is 7.53. The fourth-order valence-corrected chi connectivity index (χ4v) is 2.98. The fourth-order valence-electron chi connectivity index (χ4n) is 2.72. The first-order valence-corrected chi connectivity index (χ1v) is 8.56. The van der Waals surface area contributed by atoms with Gasteiger partial charge >= 0.3 is 6.03 Å². The summed E-state index contributed by atoms with van der Waals surface area (Å²) in [6, 6.07) is 10.2. The maximum atomic E-state index is 12.5. The number of rotatable bonds is 4. The average Bonchev–Trinajstić information content (AvgIpc) is 3.26. The molecule has 126 valence electrons. The summed E-state index contributed by atoms with van der Waals surface area (Å²) in [7, 11) is 0. The SMILES string of the molecule is O=C(NCc1ccco1)[C@@H]1CCCN1C(=O)Nc1ccc(Br)cc1. The molecule has 3 rings (SSSR count). The molecular formula is C17H18BrN3O3. The molecule has 1 saturated heterocycles. The third-order valence-electron chi connectivity index (χ3n) is 3.93. The summed E-state index contributed by atoms with van der Waals surface area (Å²) in [4.78, 5) is 26.4. The van der Waals surface area contributed by atoms with E-state index >= 15 is 0 Å². The highest BCUT2D eigenvalue weighted by atomic mass is 79.9. The van der Waals surface area contributed by atoms with Gasteiger partial charge in [0, 0.05) is 16.7 Å². The number of urea groups is 1. The molecule has 0 radical (unpaired) electrons. The summed E-state index contributed by atoms with van der Waals surface area (Å²) in [6.07, 6.45) is 3.04. The van der Waals surface area contributed by atoms with Crippen molar-refractivity contribution in [2.45, 2.75) is 25.4 Å². The first kappa shape index (κ1) is 16.6. The molecule has 2 N–H and O–H groups in total. The molecule has 1 aliphatic rings. The van der Waals surface area contributed by atoms with E-state index in [0.717, 1.165) is 10.9 Å². The summed E-state index contributed by atoms with van der Waals surface area (Å²) < 4.78 is 6.14. The highest BCUT2D eigenvalue weighted by Crippen LogP contribution is 2.20. The van der Waals surface area contributed by atoms with Crippen LogP contribution in [-0.2, 0) is 11.3 Å². The Labute approximate surface area is 148 Å². The van der Waals surface area contributed by atoms with E-state index in [-0.39, 0.29) is 11.9 Å². The van der Waals surface area contributed by atoms with Crippen molar-refractivity contribution in [3.63, 3.8) is 0 Å². The Morgan fingerprint density at radius 3 is 2.75 bits per heavy atom. The van der Waals surface area contributed by atoms with Crippen LogP contribution >= 0.6 is 15.9 Å². The van der Waals surface area contributed by atoms with Crippen LogP contribution in [0.25, 0.3) is 0 Å². The number of hydrogen-bond acceptors (Lipinski definition) is 3. The van der Waals surface area contributed by atoms with Gasteiger partial charge in [0.1, 0.15) is 11.8 Å². The topological polar surface area (TPSA) is 74.6 Å². The van der Waals surface area contributed by atoms with Gasteiger partial charge in [-0.15, -0.1) is 0 Å². The van der Waals surface area contributed by atoms with Crippen molar-refractivity contribution in [2.75, 3.05) is 11.9 Å². The molecule has 1 aliphatic heterocycles. The molecule has 0 saturated carbocycles. The molecule has 1 aromatic carbocycles. The van der Waals surface area contributed by atoms with Crippen LogP contribution in [0.15, 0.2) is 51.6 Å². The summed E-state index contributed by atoms with van der Waals surface area (Å²) in [6.45, 7) is 0.895. The second-order valence-electron chi connectivity index (χ2n) is 5.59. The van der Waals surface area contributed by atoms with Gasteiger partial charge in [0.15, 0.2) is 0 Å². The molecule has 0 aliphatic carbocycles.